The fourth-order valence-electron chi connectivity index (χ4n) is 1.43. The van der Waals surface area contributed by atoms with E-state index in [9.17, 15) is 9.59 Å². The van der Waals surface area contributed by atoms with Crippen molar-refractivity contribution >= 4 is 8.32 Å². The number of aromatic amines is 1. The quantitative estimate of drug-likeness (QED) is 0.664. The van der Waals surface area contributed by atoms with Crippen LogP contribution in [0.15, 0.2) is 21.9 Å². The Morgan fingerprint density at radius 2 is 1.95 bits per heavy atom. The van der Waals surface area contributed by atoms with Crippen LogP contribution in [0, 0.1) is 0 Å². The monoisotopic (exact) mass is 284 g/mol. The molecular weight excluding hydrogens is 260 g/mol. The molecule has 0 fully saturated rings. The molecule has 0 atom stereocenters. The van der Waals surface area contributed by atoms with Crippen LogP contribution in [0.3, 0.4) is 0 Å². The standard InChI is InChI=1S/C13H24N2O3Si/c1-13(2,3)19(4,5)18-10-6-9-15-11(16)7-8-14-12(15)17/h7-8H,6,9-10H2,1-5H3,(H,14,17). The van der Waals surface area contributed by atoms with Gasteiger partial charge in [-0.2, -0.15) is 0 Å². The Labute approximate surface area is 114 Å². The lowest BCUT2D eigenvalue weighted by Gasteiger charge is -2.36. The first kappa shape index (κ1) is 15.9. The van der Waals surface area contributed by atoms with Crippen molar-refractivity contribution in [3.63, 3.8) is 0 Å². The van der Waals surface area contributed by atoms with E-state index in [1.807, 2.05) is 0 Å². The third-order valence-electron chi connectivity index (χ3n) is 3.74. The summed E-state index contributed by atoms with van der Waals surface area (Å²) in [6.07, 6.45) is 2.03. The molecule has 6 heteroatoms. The number of nitrogens with zero attached hydrogens (tertiary/aromatic N) is 1. The van der Waals surface area contributed by atoms with Gasteiger partial charge in [-0.3, -0.25) is 9.36 Å². The Bertz CT molecular complexity index is 497. The third-order valence-corrected chi connectivity index (χ3v) is 8.28. The summed E-state index contributed by atoms with van der Waals surface area (Å²) in [6, 6.07) is 1.36. The van der Waals surface area contributed by atoms with Gasteiger partial charge < -0.3 is 9.41 Å². The van der Waals surface area contributed by atoms with Crippen LogP contribution in [0.2, 0.25) is 18.1 Å². The largest absolute Gasteiger partial charge is 0.417 e. The number of aromatic nitrogens is 2. The fourth-order valence-corrected chi connectivity index (χ4v) is 2.52. The van der Waals surface area contributed by atoms with Crippen molar-refractivity contribution in [1.82, 2.24) is 9.55 Å². The van der Waals surface area contributed by atoms with Gasteiger partial charge in [0.25, 0.3) is 5.56 Å². The summed E-state index contributed by atoms with van der Waals surface area (Å²) >= 11 is 0. The number of hydrogen-bond acceptors (Lipinski definition) is 3. The maximum atomic E-state index is 11.5. The summed E-state index contributed by atoms with van der Waals surface area (Å²) in [4.78, 5) is 25.5. The summed E-state index contributed by atoms with van der Waals surface area (Å²) in [5, 5.41) is 0.175. The van der Waals surface area contributed by atoms with E-state index in [0.717, 1.165) is 0 Å². The minimum absolute atomic E-state index is 0.175. The normalized spacial score (nSPS) is 12.7. The molecule has 0 spiro atoms. The fraction of sp³-hybridized carbons (Fsp3) is 0.692. The summed E-state index contributed by atoms with van der Waals surface area (Å²) in [7, 11) is -1.74. The molecule has 0 saturated heterocycles. The highest BCUT2D eigenvalue weighted by molar-refractivity contribution is 6.74. The first-order valence-electron chi connectivity index (χ1n) is 6.58. The van der Waals surface area contributed by atoms with Crippen LogP contribution in [-0.2, 0) is 11.0 Å². The number of hydrogen-bond donors (Lipinski definition) is 1. The van der Waals surface area contributed by atoms with Crippen molar-refractivity contribution in [2.45, 2.75) is 51.9 Å². The van der Waals surface area contributed by atoms with Crippen LogP contribution in [0.25, 0.3) is 0 Å². The first-order chi connectivity index (χ1) is 8.65. The number of nitrogens with one attached hydrogen (secondary N) is 1. The van der Waals surface area contributed by atoms with Crippen LogP contribution in [-0.4, -0.2) is 24.5 Å². The van der Waals surface area contributed by atoms with Crippen molar-refractivity contribution in [3.8, 4) is 0 Å². The molecule has 0 amide bonds. The maximum Gasteiger partial charge on any atom is 0.328 e. The Hall–Kier alpha value is -1.14. The maximum absolute atomic E-state index is 11.5. The zero-order valence-corrected chi connectivity index (χ0v) is 13.4. The Kier molecular flexibility index (Phi) is 4.92. The van der Waals surface area contributed by atoms with Crippen LogP contribution >= 0.6 is 0 Å². The van der Waals surface area contributed by atoms with Crippen molar-refractivity contribution in [2.75, 3.05) is 6.61 Å². The van der Waals surface area contributed by atoms with E-state index in [2.05, 4.69) is 38.8 Å². The van der Waals surface area contributed by atoms with Gasteiger partial charge in [0, 0.05) is 25.4 Å². The van der Waals surface area contributed by atoms with Gasteiger partial charge in [0.05, 0.1) is 0 Å². The van der Waals surface area contributed by atoms with Gasteiger partial charge in [-0.05, 0) is 24.6 Å². The molecular formula is C13H24N2O3Si. The van der Waals surface area contributed by atoms with Crippen LogP contribution in [0.4, 0.5) is 0 Å². The van der Waals surface area contributed by atoms with Crippen molar-refractivity contribution < 1.29 is 4.43 Å². The van der Waals surface area contributed by atoms with Gasteiger partial charge in [-0.25, -0.2) is 4.79 Å². The van der Waals surface area contributed by atoms with E-state index in [1.165, 1.54) is 16.8 Å². The molecule has 1 N–H and O–H groups in total. The van der Waals surface area contributed by atoms with Crippen LogP contribution in [0.5, 0.6) is 0 Å². The lowest BCUT2D eigenvalue weighted by Crippen LogP contribution is -2.41. The molecule has 108 valence electrons. The average molecular weight is 284 g/mol. The highest BCUT2D eigenvalue weighted by Crippen LogP contribution is 2.36. The van der Waals surface area contributed by atoms with Gasteiger partial charge >= 0.3 is 5.69 Å². The third kappa shape index (κ3) is 4.17. The minimum Gasteiger partial charge on any atom is -0.417 e. The van der Waals surface area contributed by atoms with E-state index >= 15 is 0 Å². The predicted molar refractivity (Wildman–Crippen MR) is 79.1 cm³/mol. The molecule has 1 heterocycles. The van der Waals surface area contributed by atoms with Gasteiger partial charge in [-0.1, -0.05) is 20.8 Å². The van der Waals surface area contributed by atoms with Gasteiger partial charge in [0.1, 0.15) is 0 Å². The van der Waals surface area contributed by atoms with Crippen LogP contribution in [0.1, 0.15) is 27.2 Å². The molecule has 0 unspecified atom stereocenters. The van der Waals surface area contributed by atoms with Gasteiger partial charge in [-0.15, -0.1) is 0 Å². The predicted octanol–water partition coefficient (Wildman–Crippen LogP) is 1.95. The SMILES string of the molecule is CC(C)(C)[Si](C)(C)OCCCn1c(=O)cc[nH]c1=O. The molecule has 0 aliphatic carbocycles. The van der Waals surface area contributed by atoms with Crippen molar-refractivity contribution in [2.24, 2.45) is 0 Å². The van der Waals surface area contributed by atoms with Crippen molar-refractivity contribution in [3.05, 3.63) is 33.1 Å². The summed E-state index contributed by atoms with van der Waals surface area (Å²) in [6.45, 7) is 11.9. The summed E-state index contributed by atoms with van der Waals surface area (Å²) < 4.78 is 7.21. The topological polar surface area (TPSA) is 64.1 Å². The highest BCUT2D eigenvalue weighted by atomic mass is 28.4. The zero-order chi connectivity index (χ0) is 14.7. The average Bonchev–Trinajstić information content (AvgIpc) is 2.25. The molecule has 1 aromatic heterocycles. The summed E-state index contributed by atoms with van der Waals surface area (Å²) in [5.74, 6) is 0. The first-order valence-corrected chi connectivity index (χ1v) is 9.48. The molecule has 1 aromatic rings. The molecule has 0 aliphatic rings. The number of H-pyrrole nitrogens is 1. The van der Waals surface area contributed by atoms with E-state index in [0.29, 0.717) is 19.6 Å². The minimum atomic E-state index is -1.74. The Morgan fingerprint density at radius 3 is 2.47 bits per heavy atom. The molecule has 1 rings (SSSR count). The molecule has 0 aliphatic heterocycles. The van der Waals surface area contributed by atoms with E-state index in [-0.39, 0.29) is 16.3 Å². The van der Waals surface area contributed by atoms with Gasteiger partial charge in [0.2, 0.25) is 0 Å². The lowest BCUT2D eigenvalue weighted by molar-refractivity contribution is 0.273. The zero-order valence-electron chi connectivity index (χ0n) is 12.4. The second kappa shape index (κ2) is 5.88. The van der Waals surface area contributed by atoms with E-state index in [1.54, 1.807) is 0 Å². The lowest BCUT2D eigenvalue weighted by atomic mass is 10.2. The molecule has 19 heavy (non-hydrogen) atoms. The van der Waals surface area contributed by atoms with Crippen LogP contribution < -0.4 is 11.2 Å². The van der Waals surface area contributed by atoms with Gasteiger partial charge in [0.15, 0.2) is 8.32 Å². The molecule has 0 bridgehead atoms. The highest BCUT2D eigenvalue weighted by Gasteiger charge is 2.36. The van der Waals surface area contributed by atoms with E-state index < -0.39 is 8.32 Å². The number of rotatable bonds is 5. The molecule has 0 aromatic carbocycles. The smallest absolute Gasteiger partial charge is 0.328 e. The van der Waals surface area contributed by atoms with Crippen molar-refractivity contribution in [1.29, 1.82) is 0 Å². The molecule has 5 nitrogen and oxygen atoms in total. The Morgan fingerprint density at radius 1 is 1.32 bits per heavy atom. The summed E-state index contributed by atoms with van der Waals surface area (Å²) in [5.41, 5.74) is -0.629. The molecule has 0 radical (unpaired) electrons. The second-order valence-corrected chi connectivity index (χ2v) is 11.0. The second-order valence-electron chi connectivity index (χ2n) is 6.24. The van der Waals surface area contributed by atoms with E-state index in [4.69, 9.17) is 4.43 Å². The molecule has 0 saturated carbocycles. The Balaban J connectivity index is 2.53.